The quantitative estimate of drug-likeness (QED) is 0.230. The molecule has 12 heavy (non-hydrogen) atoms. The van der Waals surface area contributed by atoms with Crippen LogP contribution in [0, 0.1) is 0 Å². The van der Waals surface area contributed by atoms with E-state index in [-0.39, 0.29) is 88.7 Å². The Morgan fingerprint density at radius 1 is 1.25 bits per heavy atom. The van der Waals surface area contributed by atoms with Crippen molar-refractivity contribution in [2.45, 2.75) is 13.0 Å². The maximum absolute atomic E-state index is 8.55. The Bertz CT molecular complexity index is 115. The van der Waals surface area contributed by atoms with Crippen molar-refractivity contribution in [1.82, 2.24) is 0 Å². The molecule has 0 amide bonds. The molecule has 0 aliphatic carbocycles. The van der Waals surface area contributed by atoms with Gasteiger partial charge >= 0.3 is 88.7 Å². The molecule has 0 saturated carbocycles. The van der Waals surface area contributed by atoms with Crippen molar-refractivity contribution in [3.05, 3.63) is 0 Å². The zero-order valence-electron chi connectivity index (χ0n) is 7.77. The van der Waals surface area contributed by atoms with E-state index < -0.39 is 7.82 Å². The molecule has 0 radical (unpaired) electrons. The number of rotatable bonds is 0. The van der Waals surface area contributed by atoms with Crippen molar-refractivity contribution >= 4 is 7.82 Å². The number of ether oxygens (including phenoxy) is 1. The van der Waals surface area contributed by atoms with Crippen molar-refractivity contribution in [3.8, 4) is 0 Å². The van der Waals surface area contributed by atoms with Gasteiger partial charge in [-0.15, -0.1) is 0 Å². The number of phosphoric acid groups is 1. The van der Waals surface area contributed by atoms with Crippen molar-refractivity contribution in [2.75, 3.05) is 6.61 Å². The van der Waals surface area contributed by atoms with E-state index in [4.69, 9.17) is 24.0 Å². The Hall–Kier alpha value is 3.07. The van der Waals surface area contributed by atoms with Gasteiger partial charge in [-0.3, -0.25) is 0 Å². The fourth-order valence-corrected chi connectivity index (χ4v) is 0.0962. The second-order valence-corrected chi connectivity index (χ2v) is 2.49. The van der Waals surface area contributed by atoms with Crippen LogP contribution >= 0.6 is 7.82 Å². The Morgan fingerprint density at radius 2 is 1.33 bits per heavy atom. The summed E-state index contributed by atoms with van der Waals surface area (Å²) in [5.74, 6) is 0. The summed E-state index contributed by atoms with van der Waals surface area (Å²) in [6.45, 7) is 3.04. The number of hydrogen-bond donors (Lipinski definition) is 0. The molecule has 9 heteroatoms. The van der Waals surface area contributed by atoms with Crippen LogP contribution in [0.1, 0.15) is 6.92 Å². The maximum atomic E-state index is 8.55. The van der Waals surface area contributed by atoms with Gasteiger partial charge in [0, 0.05) is 0 Å². The van der Waals surface area contributed by atoms with E-state index in [2.05, 4.69) is 6.92 Å². The minimum Gasteiger partial charge on any atom is -0.822 e. The molecule has 1 atom stereocenters. The number of epoxide rings is 1. The van der Waals surface area contributed by atoms with Crippen LogP contribution in [0.25, 0.3) is 0 Å². The van der Waals surface area contributed by atoms with Crippen LogP contribution in [0.2, 0.25) is 0 Å². The van der Waals surface area contributed by atoms with E-state index in [0.717, 1.165) is 6.61 Å². The van der Waals surface area contributed by atoms with Crippen LogP contribution in [-0.2, 0) is 9.30 Å². The Morgan fingerprint density at radius 3 is 1.33 bits per heavy atom. The van der Waals surface area contributed by atoms with Crippen molar-refractivity contribution in [2.24, 2.45) is 0 Å². The third-order valence-corrected chi connectivity index (χ3v) is 0.500. The van der Waals surface area contributed by atoms with E-state index in [1.165, 1.54) is 0 Å². The summed E-state index contributed by atoms with van der Waals surface area (Å²) in [5, 5.41) is 0. The van der Waals surface area contributed by atoms with Gasteiger partial charge in [-0.2, -0.15) is 7.82 Å². The summed E-state index contributed by atoms with van der Waals surface area (Å²) in [4.78, 5) is 25.6. The van der Waals surface area contributed by atoms with Crippen LogP contribution in [0.3, 0.4) is 0 Å². The molecule has 0 aromatic heterocycles. The van der Waals surface area contributed by atoms with Gasteiger partial charge in [-0.1, -0.05) is 0 Å². The first-order valence-corrected chi connectivity index (χ1v) is 3.70. The monoisotopic (exact) mass is 222 g/mol. The van der Waals surface area contributed by atoms with Crippen molar-refractivity contribution < 1.29 is 113 Å². The Kier molecular flexibility index (Phi) is 24.6. The molecule has 0 aromatic carbocycles. The minimum absolute atomic E-state index is 0. The molecule has 0 bridgehead atoms. The van der Waals surface area contributed by atoms with Gasteiger partial charge in [0.05, 0.1) is 12.7 Å². The maximum Gasteiger partial charge on any atom is 1.00 e. The summed E-state index contributed by atoms with van der Waals surface area (Å²) >= 11 is 0. The molecule has 0 spiro atoms. The van der Waals surface area contributed by atoms with Crippen LogP contribution in [-0.4, -0.2) is 12.7 Å². The molecule has 0 N–H and O–H groups in total. The normalized spacial score (nSPS) is 18.2. The predicted molar refractivity (Wildman–Crippen MR) is 23.0 cm³/mol. The second kappa shape index (κ2) is 12.1. The Balaban J connectivity index is -0.0000000429. The molecule has 1 aliphatic rings. The first-order valence-electron chi connectivity index (χ1n) is 2.24. The van der Waals surface area contributed by atoms with E-state index in [1.54, 1.807) is 0 Å². The summed E-state index contributed by atoms with van der Waals surface area (Å²) in [7, 11) is -5.39. The molecule has 1 aliphatic heterocycles. The molecular formula is C3H6Na3O5P. The average Bonchev–Trinajstić information content (AvgIpc) is 2.13. The van der Waals surface area contributed by atoms with Crippen LogP contribution in [0.5, 0.6) is 0 Å². The van der Waals surface area contributed by atoms with Gasteiger partial charge in [0.25, 0.3) is 0 Å². The molecule has 1 unspecified atom stereocenters. The van der Waals surface area contributed by atoms with Gasteiger partial charge in [-0.05, 0) is 6.92 Å². The van der Waals surface area contributed by atoms with E-state index in [0.29, 0.717) is 6.10 Å². The molecular weight excluding hydrogens is 216 g/mol. The third kappa shape index (κ3) is 51.7. The van der Waals surface area contributed by atoms with E-state index in [1.807, 2.05) is 0 Å². The van der Waals surface area contributed by atoms with Crippen molar-refractivity contribution in [1.29, 1.82) is 0 Å². The Labute approximate surface area is 138 Å². The van der Waals surface area contributed by atoms with Crippen LogP contribution < -0.4 is 103 Å². The minimum atomic E-state index is -5.39. The predicted octanol–water partition coefficient (Wildman–Crippen LogP) is -11.4. The first kappa shape index (κ1) is 24.3. The van der Waals surface area contributed by atoms with Gasteiger partial charge in [-0.25, -0.2) is 0 Å². The summed E-state index contributed by atoms with van der Waals surface area (Å²) < 4.78 is 13.3. The zero-order valence-corrected chi connectivity index (χ0v) is 14.7. The van der Waals surface area contributed by atoms with Gasteiger partial charge in [0.1, 0.15) is 0 Å². The fourth-order valence-electron chi connectivity index (χ4n) is 0.0962. The molecule has 1 fully saturated rings. The molecule has 1 rings (SSSR count). The van der Waals surface area contributed by atoms with Crippen molar-refractivity contribution in [3.63, 3.8) is 0 Å². The summed E-state index contributed by atoms with van der Waals surface area (Å²) in [6, 6.07) is 0. The van der Waals surface area contributed by atoms with Gasteiger partial charge in [0.15, 0.2) is 0 Å². The molecule has 1 heterocycles. The van der Waals surface area contributed by atoms with Gasteiger partial charge < -0.3 is 24.0 Å². The molecule has 1 saturated heterocycles. The topological polar surface area (TPSA) is 98.8 Å². The van der Waals surface area contributed by atoms with Gasteiger partial charge in [0.2, 0.25) is 0 Å². The first-order chi connectivity index (χ1) is 3.89. The molecule has 0 aromatic rings. The molecule has 56 valence electrons. The SMILES string of the molecule is CC1CO1.O=P([O-])([O-])[O-].[Na+].[Na+].[Na+]. The standard InChI is InChI=1S/C3H6O.3Na.H3O4P/c1-3-2-4-3;;;;1-5(2,3)4/h3H,2H2,1H3;;;;(H3,1,2,3,4)/q;3*+1;/p-3. The largest absolute Gasteiger partial charge is 1.00 e. The average molecular weight is 222 g/mol. The van der Waals surface area contributed by atoms with Crippen LogP contribution in [0.15, 0.2) is 0 Å². The smallest absolute Gasteiger partial charge is 0.822 e. The fraction of sp³-hybridized carbons (Fsp3) is 1.00. The summed E-state index contributed by atoms with van der Waals surface area (Å²) in [5.41, 5.74) is 0. The van der Waals surface area contributed by atoms with Crippen LogP contribution in [0.4, 0.5) is 0 Å². The molecule has 5 nitrogen and oxygen atoms in total. The van der Waals surface area contributed by atoms with E-state index in [9.17, 15) is 0 Å². The second-order valence-electron chi connectivity index (χ2n) is 1.59. The number of hydrogen-bond acceptors (Lipinski definition) is 5. The third-order valence-electron chi connectivity index (χ3n) is 0.500. The van der Waals surface area contributed by atoms with E-state index >= 15 is 0 Å². The summed E-state index contributed by atoms with van der Waals surface area (Å²) in [6.07, 6.45) is 0.583. The zero-order chi connectivity index (χ0) is 7.49.